The van der Waals surface area contributed by atoms with Crippen LogP contribution in [0.15, 0.2) is 0 Å². The summed E-state index contributed by atoms with van der Waals surface area (Å²) in [6.07, 6.45) is 3.01. The Labute approximate surface area is 92.1 Å². The van der Waals surface area contributed by atoms with Crippen LogP contribution in [0, 0.1) is 11.8 Å². The third-order valence-corrected chi connectivity index (χ3v) is 3.88. The summed E-state index contributed by atoms with van der Waals surface area (Å²) in [5.41, 5.74) is 0. The van der Waals surface area contributed by atoms with Crippen LogP contribution in [0.25, 0.3) is 0 Å². The van der Waals surface area contributed by atoms with E-state index in [4.69, 9.17) is 0 Å². The number of hydrogen-bond acceptors (Lipinski definition) is 3. The molecule has 1 N–H and O–H groups in total. The van der Waals surface area contributed by atoms with Crippen LogP contribution < -0.4 is 5.32 Å². The third kappa shape index (κ3) is 4.20. The largest absolute Gasteiger partial charge is 0.303 e. The lowest BCUT2D eigenvalue weighted by Gasteiger charge is -2.30. The number of piperidine rings is 1. The fourth-order valence-electron chi connectivity index (χ4n) is 1.68. The lowest BCUT2D eigenvalue weighted by molar-refractivity contribution is 0.296. The number of nitrogens with zero attached hydrogens (tertiary/aromatic N) is 1. The van der Waals surface area contributed by atoms with Gasteiger partial charge in [-0.15, -0.1) is 5.92 Å². The Hall–Kier alpha value is -0.570. The van der Waals surface area contributed by atoms with Crippen LogP contribution in [0.5, 0.6) is 0 Å². The molecule has 0 bridgehead atoms. The molecule has 4 nitrogen and oxygen atoms in total. The molecule has 0 atom stereocenters. The van der Waals surface area contributed by atoms with Gasteiger partial charge in [-0.1, -0.05) is 5.92 Å². The van der Waals surface area contributed by atoms with Crippen molar-refractivity contribution in [3.63, 3.8) is 0 Å². The fraction of sp³-hybridized carbons (Fsp3) is 0.800. The zero-order valence-electron chi connectivity index (χ0n) is 9.28. The van der Waals surface area contributed by atoms with Gasteiger partial charge in [-0.2, -0.15) is 0 Å². The first-order chi connectivity index (χ1) is 7.04. The van der Waals surface area contributed by atoms with Gasteiger partial charge >= 0.3 is 0 Å². The van der Waals surface area contributed by atoms with Gasteiger partial charge in [0.05, 0.1) is 12.8 Å². The summed E-state index contributed by atoms with van der Waals surface area (Å²) in [5, 5.41) is 3.30. The average Bonchev–Trinajstić information content (AvgIpc) is 2.18. The lowest BCUT2D eigenvalue weighted by atomic mass is 10.1. The minimum Gasteiger partial charge on any atom is -0.303 e. The number of hydrogen-bond donors (Lipinski definition) is 1. The second kappa shape index (κ2) is 5.50. The predicted molar refractivity (Wildman–Crippen MR) is 60.9 cm³/mol. The van der Waals surface area contributed by atoms with E-state index in [0.29, 0.717) is 25.7 Å². The molecule has 0 aromatic rings. The summed E-state index contributed by atoms with van der Waals surface area (Å²) < 4.78 is 24.0. The molecule has 0 saturated carbocycles. The van der Waals surface area contributed by atoms with Gasteiger partial charge < -0.3 is 5.32 Å². The molecule has 15 heavy (non-hydrogen) atoms. The Morgan fingerprint density at radius 3 is 2.47 bits per heavy atom. The summed E-state index contributed by atoms with van der Waals surface area (Å²) in [6.45, 7) is 3.75. The smallest absolute Gasteiger partial charge is 0.211 e. The van der Waals surface area contributed by atoms with Crippen LogP contribution >= 0.6 is 0 Å². The third-order valence-electron chi connectivity index (χ3n) is 2.58. The van der Waals surface area contributed by atoms with Crippen LogP contribution in [0.1, 0.15) is 19.8 Å². The highest BCUT2D eigenvalue weighted by Crippen LogP contribution is 2.12. The van der Waals surface area contributed by atoms with Crippen molar-refractivity contribution in [1.29, 1.82) is 0 Å². The quantitative estimate of drug-likeness (QED) is 0.696. The Bertz CT molecular complexity index is 345. The molecule has 0 aromatic carbocycles. The lowest BCUT2D eigenvalue weighted by Crippen LogP contribution is -2.44. The molecule has 1 aliphatic heterocycles. The minimum atomic E-state index is -3.00. The van der Waals surface area contributed by atoms with Gasteiger partial charge in [-0.3, -0.25) is 0 Å². The van der Waals surface area contributed by atoms with Gasteiger partial charge in [0.2, 0.25) is 10.0 Å². The molecule has 1 fully saturated rings. The van der Waals surface area contributed by atoms with E-state index in [9.17, 15) is 8.42 Å². The van der Waals surface area contributed by atoms with Crippen molar-refractivity contribution < 1.29 is 8.42 Å². The van der Waals surface area contributed by atoms with Gasteiger partial charge in [-0.25, -0.2) is 12.7 Å². The van der Waals surface area contributed by atoms with Gasteiger partial charge in [-0.05, 0) is 19.8 Å². The molecule has 0 amide bonds. The van der Waals surface area contributed by atoms with E-state index in [1.54, 1.807) is 0 Å². The van der Waals surface area contributed by atoms with E-state index >= 15 is 0 Å². The Morgan fingerprint density at radius 1 is 1.40 bits per heavy atom. The number of sulfonamides is 1. The molecule has 0 aliphatic carbocycles. The summed E-state index contributed by atoms with van der Waals surface area (Å²) >= 11 is 0. The Morgan fingerprint density at radius 2 is 2.00 bits per heavy atom. The summed E-state index contributed by atoms with van der Waals surface area (Å²) in [6, 6.07) is 0.406. The van der Waals surface area contributed by atoms with E-state index in [2.05, 4.69) is 17.2 Å². The van der Waals surface area contributed by atoms with E-state index in [1.165, 1.54) is 10.6 Å². The summed E-state index contributed by atoms with van der Waals surface area (Å²) in [5.74, 6) is 5.77. The molecule has 1 rings (SSSR count). The predicted octanol–water partition coefficient (Wildman–Crippen LogP) is 0.0233. The van der Waals surface area contributed by atoms with Gasteiger partial charge in [0, 0.05) is 19.1 Å². The van der Waals surface area contributed by atoms with Crippen LogP contribution in [-0.2, 0) is 10.0 Å². The number of nitrogens with one attached hydrogen (secondary N) is 1. The first-order valence-electron chi connectivity index (χ1n) is 5.12. The maximum absolute atomic E-state index is 11.2. The second-order valence-corrected chi connectivity index (χ2v) is 5.73. The van der Waals surface area contributed by atoms with Crippen molar-refractivity contribution in [3.05, 3.63) is 0 Å². The van der Waals surface area contributed by atoms with Gasteiger partial charge in [0.1, 0.15) is 0 Å². The van der Waals surface area contributed by atoms with Crippen molar-refractivity contribution in [2.75, 3.05) is 25.9 Å². The van der Waals surface area contributed by atoms with Crippen molar-refractivity contribution >= 4 is 10.0 Å². The molecule has 0 radical (unpaired) electrons. The molecule has 0 spiro atoms. The first-order valence-corrected chi connectivity index (χ1v) is 6.97. The van der Waals surface area contributed by atoms with Crippen molar-refractivity contribution in [2.45, 2.75) is 25.8 Å². The van der Waals surface area contributed by atoms with E-state index in [1.807, 2.05) is 6.92 Å². The van der Waals surface area contributed by atoms with Crippen molar-refractivity contribution in [3.8, 4) is 11.8 Å². The zero-order valence-corrected chi connectivity index (χ0v) is 10.1. The standard InChI is InChI=1S/C10H18N2O2S/c1-3-4-7-11-10-5-8-12(9-6-10)15(2,13)14/h10-11H,5-9H2,1-2H3. The van der Waals surface area contributed by atoms with E-state index < -0.39 is 10.0 Å². The van der Waals surface area contributed by atoms with E-state index in [-0.39, 0.29) is 0 Å². The monoisotopic (exact) mass is 230 g/mol. The van der Waals surface area contributed by atoms with Crippen molar-refractivity contribution in [2.24, 2.45) is 0 Å². The van der Waals surface area contributed by atoms with Crippen LogP contribution in [-0.4, -0.2) is 44.7 Å². The Kier molecular flexibility index (Phi) is 4.58. The van der Waals surface area contributed by atoms with Gasteiger partial charge in [0.15, 0.2) is 0 Å². The van der Waals surface area contributed by atoms with Crippen molar-refractivity contribution in [1.82, 2.24) is 9.62 Å². The maximum Gasteiger partial charge on any atom is 0.211 e. The highest BCUT2D eigenvalue weighted by atomic mass is 32.2. The minimum absolute atomic E-state index is 0.406. The highest BCUT2D eigenvalue weighted by molar-refractivity contribution is 7.88. The molecule has 0 aromatic heterocycles. The Balaban J connectivity index is 2.32. The molecular formula is C10H18N2O2S. The highest BCUT2D eigenvalue weighted by Gasteiger charge is 2.23. The normalized spacial score (nSPS) is 19.6. The van der Waals surface area contributed by atoms with Crippen LogP contribution in [0.2, 0.25) is 0 Å². The molecule has 0 unspecified atom stereocenters. The van der Waals surface area contributed by atoms with Gasteiger partial charge in [0.25, 0.3) is 0 Å². The summed E-state index contributed by atoms with van der Waals surface area (Å²) in [7, 11) is -3.00. The maximum atomic E-state index is 11.2. The second-order valence-electron chi connectivity index (χ2n) is 3.74. The molecule has 1 aliphatic rings. The fourth-order valence-corrected chi connectivity index (χ4v) is 2.55. The molecule has 5 heteroatoms. The van der Waals surface area contributed by atoms with Crippen LogP contribution in [0.4, 0.5) is 0 Å². The number of rotatable bonds is 3. The topological polar surface area (TPSA) is 49.4 Å². The molecular weight excluding hydrogens is 212 g/mol. The molecule has 1 saturated heterocycles. The molecule has 1 heterocycles. The van der Waals surface area contributed by atoms with E-state index in [0.717, 1.165) is 12.8 Å². The first kappa shape index (κ1) is 12.5. The molecule has 86 valence electrons. The zero-order chi connectivity index (χ0) is 11.3. The van der Waals surface area contributed by atoms with Crippen LogP contribution in [0.3, 0.4) is 0 Å². The summed E-state index contributed by atoms with van der Waals surface area (Å²) in [4.78, 5) is 0. The SMILES string of the molecule is CC#CCNC1CCN(S(C)(=O)=O)CC1. The average molecular weight is 230 g/mol.